The van der Waals surface area contributed by atoms with E-state index in [2.05, 4.69) is 0 Å². The highest BCUT2D eigenvalue weighted by molar-refractivity contribution is 6.25. The summed E-state index contributed by atoms with van der Waals surface area (Å²) in [6, 6.07) is 20.1. The summed E-state index contributed by atoms with van der Waals surface area (Å²) in [7, 11) is 4.50. The topological polar surface area (TPSA) is 85.4 Å². The Bertz CT molecular complexity index is 1600. The van der Waals surface area contributed by atoms with Crippen LogP contribution >= 0.6 is 0 Å². The fourth-order valence-corrected chi connectivity index (χ4v) is 5.47. The van der Waals surface area contributed by atoms with E-state index in [4.69, 9.17) is 14.2 Å². The lowest BCUT2D eigenvalue weighted by Crippen LogP contribution is -2.42. The Morgan fingerprint density at radius 2 is 1.41 bits per heavy atom. The minimum atomic E-state index is -0.326. The van der Waals surface area contributed by atoms with Crippen LogP contribution in [0, 0.1) is 13.8 Å². The van der Waals surface area contributed by atoms with Gasteiger partial charge in [0.05, 0.1) is 21.3 Å². The Morgan fingerprint density at radius 1 is 0.805 bits per heavy atom. The van der Waals surface area contributed by atoms with Gasteiger partial charge < -0.3 is 19.1 Å². The van der Waals surface area contributed by atoms with Gasteiger partial charge in [-0.1, -0.05) is 42.0 Å². The lowest BCUT2D eigenvalue weighted by Gasteiger charge is -2.29. The third-order valence-corrected chi connectivity index (χ3v) is 7.42. The van der Waals surface area contributed by atoms with E-state index in [1.165, 1.54) is 26.2 Å². The molecule has 0 radical (unpaired) electrons. The Kier molecular flexibility index (Phi) is 7.66. The van der Waals surface area contributed by atoms with Gasteiger partial charge in [-0.15, -0.1) is 0 Å². The van der Waals surface area contributed by atoms with Gasteiger partial charge in [0.2, 0.25) is 5.75 Å². The summed E-state index contributed by atoms with van der Waals surface area (Å²) in [5.41, 5.74) is 4.11. The molecular weight excluding hydrogens is 520 g/mol. The van der Waals surface area contributed by atoms with Crippen molar-refractivity contribution in [1.82, 2.24) is 4.90 Å². The monoisotopic (exact) mass is 552 g/mol. The van der Waals surface area contributed by atoms with Gasteiger partial charge in [0, 0.05) is 40.9 Å². The average molecular weight is 553 g/mol. The van der Waals surface area contributed by atoms with Crippen molar-refractivity contribution >= 4 is 34.2 Å². The number of nitrogens with zero attached hydrogens (tertiary/aromatic N) is 2. The highest BCUT2D eigenvalue weighted by Gasteiger charge is 2.32. The van der Waals surface area contributed by atoms with E-state index in [1.54, 1.807) is 29.2 Å². The van der Waals surface area contributed by atoms with E-state index in [0.29, 0.717) is 45.7 Å². The first kappa shape index (κ1) is 27.7. The van der Waals surface area contributed by atoms with Gasteiger partial charge in [0.25, 0.3) is 17.7 Å². The third-order valence-electron chi connectivity index (χ3n) is 7.42. The number of rotatable bonds is 9. The van der Waals surface area contributed by atoms with Gasteiger partial charge in [-0.3, -0.25) is 19.3 Å². The molecule has 1 aliphatic rings. The zero-order chi connectivity index (χ0) is 29.3. The van der Waals surface area contributed by atoms with E-state index < -0.39 is 0 Å². The number of hydrogen-bond donors (Lipinski definition) is 0. The van der Waals surface area contributed by atoms with Gasteiger partial charge in [-0.05, 0) is 61.5 Å². The first-order valence-electron chi connectivity index (χ1n) is 13.4. The molecule has 0 N–H and O–H groups in total. The largest absolute Gasteiger partial charge is 0.493 e. The van der Waals surface area contributed by atoms with Gasteiger partial charge in [0.15, 0.2) is 11.5 Å². The molecule has 0 saturated heterocycles. The summed E-state index contributed by atoms with van der Waals surface area (Å²) in [6.07, 6.45) is 0.374. The van der Waals surface area contributed by atoms with Crippen molar-refractivity contribution in [1.29, 1.82) is 0 Å². The molecule has 8 nitrogen and oxygen atoms in total. The van der Waals surface area contributed by atoms with E-state index in [9.17, 15) is 14.4 Å². The summed E-state index contributed by atoms with van der Waals surface area (Å²) in [5, 5.41) is 1.55. The Morgan fingerprint density at radius 3 is 1.95 bits per heavy atom. The first-order valence-corrected chi connectivity index (χ1v) is 13.4. The summed E-state index contributed by atoms with van der Waals surface area (Å²) in [5.74, 6) is 0.201. The molecule has 0 aromatic heterocycles. The quantitative estimate of drug-likeness (QED) is 0.244. The zero-order valence-corrected chi connectivity index (χ0v) is 23.8. The Labute approximate surface area is 239 Å². The predicted molar refractivity (Wildman–Crippen MR) is 158 cm³/mol. The predicted octanol–water partition coefficient (Wildman–Crippen LogP) is 5.82. The van der Waals surface area contributed by atoms with Crippen molar-refractivity contribution in [3.8, 4) is 17.2 Å². The molecule has 4 aromatic rings. The smallest absolute Gasteiger partial charge is 0.261 e. The molecule has 5 rings (SSSR count). The molecule has 0 fully saturated rings. The molecule has 1 heterocycles. The maximum Gasteiger partial charge on any atom is 0.261 e. The maximum absolute atomic E-state index is 14.0. The summed E-state index contributed by atoms with van der Waals surface area (Å²) < 4.78 is 16.4. The van der Waals surface area contributed by atoms with Crippen molar-refractivity contribution in [2.45, 2.75) is 20.3 Å². The second kappa shape index (κ2) is 11.3. The summed E-state index contributed by atoms with van der Waals surface area (Å²) in [4.78, 5) is 43.8. The standard InChI is InChI=1S/C33H32N2O6/c1-20-13-14-26(21(2)17-20)34(31(36)23-18-27(39-3)30(41-5)28(19-23)40-4)15-8-16-35-32(37)24-11-6-9-22-10-7-12-25(29(22)24)33(35)38/h6-7,9-14,17-19H,8,15-16H2,1-5H3. The van der Waals surface area contributed by atoms with Crippen LogP contribution in [0.5, 0.6) is 17.2 Å². The second-order valence-corrected chi connectivity index (χ2v) is 9.99. The minimum absolute atomic E-state index is 0.159. The van der Waals surface area contributed by atoms with Crippen LogP contribution in [0.25, 0.3) is 10.8 Å². The van der Waals surface area contributed by atoms with Gasteiger partial charge in [-0.25, -0.2) is 0 Å². The maximum atomic E-state index is 14.0. The number of carbonyl (C=O) groups is 3. The molecule has 0 unspecified atom stereocenters. The molecule has 41 heavy (non-hydrogen) atoms. The third kappa shape index (κ3) is 4.97. The van der Waals surface area contributed by atoms with Crippen LogP contribution in [0.1, 0.15) is 48.6 Å². The molecule has 0 saturated carbocycles. The van der Waals surface area contributed by atoms with E-state index in [0.717, 1.165) is 22.2 Å². The first-order chi connectivity index (χ1) is 19.8. The number of benzene rings is 4. The van der Waals surface area contributed by atoms with Crippen LogP contribution in [0.15, 0.2) is 66.7 Å². The molecule has 4 aromatic carbocycles. The zero-order valence-electron chi connectivity index (χ0n) is 23.8. The fourth-order valence-electron chi connectivity index (χ4n) is 5.47. The lowest BCUT2D eigenvalue weighted by atomic mass is 9.94. The summed E-state index contributed by atoms with van der Waals surface area (Å²) in [6.45, 7) is 4.37. The van der Waals surface area contributed by atoms with Crippen molar-refractivity contribution in [2.24, 2.45) is 0 Å². The number of methoxy groups -OCH3 is 3. The minimum Gasteiger partial charge on any atom is -0.493 e. The molecule has 0 bridgehead atoms. The van der Waals surface area contributed by atoms with Crippen molar-refractivity contribution in [3.05, 3.63) is 94.5 Å². The van der Waals surface area contributed by atoms with Crippen LogP contribution in [0.3, 0.4) is 0 Å². The molecule has 0 spiro atoms. The Balaban J connectivity index is 1.45. The lowest BCUT2D eigenvalue weighted by molar-refractivity contribution is 0.0610. The number of ether oxygens (including phenoxy) is 3. The van der Waals surface area contributed by atoms with Gasteiger partial charge >= 0.3 is 0 Å². The molecular formula is C33H32N2O6. The second-order valence-electron chi connectivity index (χ2n) is 9.99. The number of anilines is 1. The van der Waals surface area contributed by atoms with Crippen molar-refractivity contribution < 1.29 is 28.6 Å². The summed E-state index contributed by atoms with van der Waals surface area (Å²) >= 11 is 0. The molecule has 1 aliphatic heterocycles. The number of hydrogen-bond acceptors (Lipinski definition) is 6. The van der Waals surface area contributed by atoms with Crippen LogP contribution in [0.4, 0.5) is 5.69 Å². The SMILES string of the molecule is COc1cc(C(=O)N(CCCN2C(=O)c3cccc4cccc(c34)C2=O)c2ccc(C)cc2C)cc(OC)c1OC. The van der Waals surface area contributed by atoms with Crippen LogP contribution < -0.4 is 19.1 Å². The number of carbonyl (C=O) groups excluding carboxylic acids is 3. The highest BCUT2D eigenvalue weighted by Crippen LogP contribution is 2.39. The van der Waals surface area contributed by atoms with Crippen LogP contribution in [-0.4, -0.2) is 57.0 Å². The molecule has 8 heteroatoms. The molecule has 0 atom stereocenters. The van der Waals surface area contributed by atoms with Crippen molar-refractivity contribution in [2.75, 3.05) is 39.3 Å². The number of imide groups is 1. The van der Waals surface area contributed by atoms with Gasteiger partial charge in [-0.2, -0.15) is 0 Å². The number of aryl methyl sites for hydroxylation is 2. The number of amides is 3. The van der Waals surface area contributed by atoms with E-state index in [1.807, 2.05) is 56.3 Å². The van der Waals surface area contributed by atoms with Gasteiger partial charge in [0.1, 0.15) is 0 Å². The van der Waals surface area contributed by atoms with E-state index >= 15 is 0 Å². The van der Waals surface area contributed by atoms with Crippen molar-refractivity contribution in [3.63, 3.8) is 0 Å². The van der Waals surface area contributed by atoms with Crippen LogP contribution in [0.2, 0.25) is 0 Å². The van der Waals surface area contributed by atoms with E-state index in [-0.39, 0.29) is 30.8 Å². The van der Waals surface area contributed by atoms with Crippen LogP contribution in [-0.2, 0) is 0 Å². The highest BCUT2D eigenvalue weighted by atomic mass is 16.5. The molecule has 0 aliphatic carbocycles. The fraction of sp³-hybridized carbons (Fsp3) is 0.242. The normalized spacial score (nSPS) is 12.5. The average Bonchev–Trinajstić information content (AvgIpc) is 2.98. The molecule has 3 amide bonds. The Hall–Kier alpha value is -4.85. The molecule has 210 valence electrons.